The molecule has 0 aromatic carbocycles. The summed E-state index contributed by atoms with van der Waals surface area (Å²) in [6.07, 6.45) is 5.14. The third-order valence-corrected chi connectivity index (χ3v) is 3.04. The highest BCUT2D eigenvalue weighted by atomic mass is 32.1. The highest BCUT2D eigenvalue weighted by Gasteiger charge is 2.08. The largest absolute Gasteiger partial charge is 0.497 e. The third-order valence-electron chi connectivity index (χ3n) is 2.04. The summed E-state index contributed by atoms with van der Waals surface area (Å²) in [5, 5.41) is 0. The highest BCUT2D eigenvalue weighted by molar-refractivity contribution is 7.04. The van der Waals surface area contributed by atoms with Gasteiger partial charge in [0.1, 0.15) is 5.76 Å². The van der Waals surface area contributed by atoms with E-state index in [-0.39, 0.29) is 4.87 Å². The standard InChI is InChI=1S/C11H14N2O3S/c1-5-6-9(16-4)7-8(2)13-10(14)12(3)11(15)17-13/h5-7H,2H2,1,3-4H3/b6-5-,9-7+. The Morgan fingerprint density at radius 3 is 2.53 bits per heavy atom. The van der Waals surface area contributed by atoms with Gasteiger partial charge in [-0.05, 0) is 13.0 Å². The topological polar surface area (TPSA) is 53.2 Å². The van der Waals surface area contributed by atoms with Crippen molar-refractivity contribution in [2.45, 2.75) is 6.92 Å². The van der Waals surface area contributed by atoms with Crippen molar-refractivity contribution >= 4 is 17.2 Å². The van der Waals surface area contributed by atoms with Crippen molar-refractivity contribution in [1.29, 1.82) is 0 Å². The van der Waals surface area contributed by atoms with Gasteiger partial charge in [-0.25, -0.2) is 8.75 Å². The van der Waals surface area contributed by atoms with Gasteiger partial charge in [-0.1, -0.05) is 12.7 Å². The van der Waals surface area contributed by atoms with Crippen LogP contribution in [0.4, 0.5) is 0 Å². The van der Waals surface area contributed by atoms with Gasteiger partial charge < -0.3 is 4.74 Å². The zero-order valence-corrected chi connectivity index (χ0v) is 10.8. The average Bonchev–Trinajstić information content (AvgIpc) is 2.56. The summed E-state index contributed by atoms with van der Waals surface area (Å²) in [7, 11) is 2.95. The minimum absolute atomic E-state index is 0.324. The van der Waals surface area contributed by atoms with Gasteiger partial charge in [-0.3, -0.25) is 9.36 Å². The van der Waals surface area contributed by atoms with Gasteiger partial charge in [-0.15, -0.1) is 0 Å². The van der Waals surface area contributed by atoms with Crippen LogP contribution in [0.1, 0.15) is 6.92 Å². The molecule has 5 nitrogen and oxygen atoms in total. The maximum atomic E-state index is 11.6. The number of allylic oxidation sites excluding steroid dienone is 4. The Labute approximate surface area is 103 Å². The lowest BCUT2D eigenvalue weighted by Crippen LogP contribution is -2.25. The molecule has 0 unspecified atom stereocenters. The molecule has 6 heteroatoms. The van der Waals surface area contributed by atoms with Crippen LogP contribution in [0.5, 0.6) is 0 Å². The lowest BCUT2D eigenvalue weighted by atomic mass is 10.3. The van der Waals surface area contributed by atoms with E-state index in [9.17, 15) is 9.59 Å². The smallest absolute Gasteiger partial charge is 0.345 e. The summed E-state index contributed by atoms with van der Waals surface area (Å²) in [6, 6.07) is 0. The van der Waals surface area contributed by atoms with Crippen LogP contribution < -0.4 is 10.6 Å². The lowest BCUT2D eigenvalue weighted by Gasteiger charge is -2.02. The molecule has 92 valence electrons. The van der Waals surface area contributed by atoms with Gasteiger partial charge in [0.2, 0.25) is 0 Å². The van der Waals surface area contributed by atoms with Gasteiger partial charge in [0, 0.05) is 24.7 Å². The summed E-state index contributed by atoms with van der Waals surface area (Å²) in [6.45, 7) is 5.59. The predicted octanol–water partition coefficient (Wildman–Crippen LogP) is 1.19. The molecule has 0 radical (unpaired) electrons. The SMILES string of the molecule is C=C(/C=C(\C=C/C)OC)n1sc(=O)n(C)c1=O. The molecule has 0 spiro atoms. The fourth-order valence-corrected chi connectivity index (χ4v) is 1.86. The first-order valence-electron chi connectivity index (χ1n) is 4.88. The van der Waals surface area contributed by atoms with E-state index < -0.39 is 5.69 Å². The Morgan fingerprint density at radius 1 is 1.47 bits per heavy atom. The van der Waals surface area contributed by atoms with Crippen molar-refractivity contribution in [2.75, 3.05) is 7.11 Å². The number of nitrogens with zero attached hydrogens (tertiary/aromatic N) is 2. The first-order valence-corrected chi connectivity index (χ1v) is 5.65. The molecule has 17 heavy (non-hydrogen) atoms. The van der Waals surface area contributed by atoms with Crippen molar-refractivity contribution < 1.29 is 4.74 Å². The van der Waals surface area contributed by atoms with E-state index >= 15 is 0 Å². The molecule has 0 atom stereocenters. The second-order valence-electron chi connectivity index (χ2n) is 3.24. The summed E-state index contributed by atoms with van der Waals surface area (Å²) in [4.78, 5) is 22.6. The molecular weight excluding hydrogens is 240 g/mol. The van der Waals surface area contributed by atoms with Crippen LogP contribution in [0.2, 0.25) is 0 Å². The molecule has 0 bridgehead atoms. The Kier molecular flexibility index (Phi) is 4.28. The van der Waals surface area contributed by atoms with Crippen LogP contribution in [0.15, 0.2) is 40.2 Å². The first-order chi connectivity index (χ1) is 8.01. The van der Waals surface area contributed by atoms with Crippen LogP contribution in [0.25, 0.3) is 5.70 Å². The maximum absolute atomic E-state index is 11.6. The highest BCUT2D eigenvalue weighted by Crippen LogP contribution is 2.08. The molecule has 0 aliphatic heterocycles. The fraction of sp³-hybridized carbons (Fsp3) is 0.273. The number of aromatic nitrogens is 2. The van der Waals surface area contributed by atoms with E-state index in [1.54, 1.807) is 18.2 Å². The van der Waals surface area contributed by atoms with E-state index in [2.05, 4.69) is 6.58 Å². The van der Waals surface area contributed by atoms with Gasteiger partial charge in [0.25, 0.3) is 0 Å². The van der Waals surface area contributed by atoms with Crippen LogP contribution in [0, 0.1) is 0 Å². The summed E-state index contributed by atoms with van der Waals surface area (Å²) in [5.41, 5.74) is -0.00942. The minimum Gasteiger partial charge on any atom is -0.497 e. The Bertz CT molecular complexity index is 587. The molecule has 1 rings (SSSR count). The van der Waals surface area contributed by atoms with E-state index in [0.717, 1.165) is 16.1 Å². The quantitative estimate of drug-likeness (QED) is 0.599. The minimum atomic E-state index is -0.405. The van der Waals surface area contributed by atoms with Gasteiger partial charge in [0.15, 0.2) is 0 Å². The number of hydrogen-bond acceptors (Lipinski definition) is 4. The van der Waals surface area contributed by atoms with Gasteiger partial charge >= 0.3 is 10.6 Å². The molecular formula is C11H14N2O3S. The number of hydrogen-bond donors (Lipinski definition) is 0. The molecule has 0 aliphatic carbocycles. The molecule has 0 aliphatic rings. The first kappa shape index (κ1) is 13.2. The molecule has 1 aromatic heterocycles. The third kappa shape index (κ3) is 2.85. The number of ether oxygens (including phenoxy) is 1. The molecule has 0 saturated heterocycles. The normalized spacial score (nSPS) is 12.1. The average molecular weight is 254 g/mol. The zero-order chi connectivity index (χ0) is 13.0. The van der Waals surface area contributed by atoms with E-state index in [1.807, 2.05) is 6.92 Å². The van der Waals surface area contributed by atoms with Crippen LogP contribution >= 0.6 is 11.5 Å². The lowest BCUT2D eigenvalue weighted by molar-refractivity contribution is 0.307. The maximum Gasteiger partial charge on any atom is 0.345 e. The summed E-state index contributed by atoms with van der Waals surface area (Å²) < 4.78 is 7.34. The second-order valence-corrected chi connectivity index (χ2v) is 4.13. The monoisotopic (exact) mass is 254 g/mol. The van der Waals surface area contributed by atoms with Crippen LogP contribution in [-0.4, -0.2) is 15.6 Å². The van der Waals surface area contributed by atoms with E-state index in [1.165, 1.54) is 18.1 Å². The Morgan fingerprint density at radius 2 is 2.12 bits per heavy atom. The fourth-order valence-electron chi connectivity index (χ4n) is 1.14. The number of rotatable bonds is 4. The summed E-state index contributed by atoms with van der Waals surface area (Å²) >= 11 is 0.807. The zero-order valence-electron chi connectivity index (χ0n) is 9.97. The summed E-state index contributed by atoms with van der Waals surface area (Å²) in [5.74, 6) is 0.563. The van der Waals surface area contributed by atoms with Gasteiger partial charge in [-0.2, -0.15) is 0 Å². The Hall–Kier alpha value is -1.82. The van der Waals surface area contributed by atoms with Crippen molar-refractivity contribution in [3.8, 4) is 0 Å². The molecule has 0 saturated carbocycles. The number of methoxy groups -OCH3 is 1. The van der Waals surface area contributed by atoms with E-state index in [0.29, 0.717) is 11.5 Å². The van der Waals surface area contributed by atoms with Crippen molar-refractivity contribution in [2.24, 2.45) is 7.05 Å². The molecule has 0 amide bonds. The van der Waals surface area contributed by atoms with Crippen molar-refractivity contribution in [3.63, 3.8) is 0 Å². The molecule has 1 heterocycles. The van der Waals surface area contributed by atoms with E-state index in [4.69, 9.17) is 4.74 Å². The second kappa shape index (κ2) is 5.49. The van der Waals surface area contributed by atoms with Gasteiger partial charge in [0.05, 0.1) is 12.8 Å². The van der Waals surface area contributed by atoms with Crippen LogP contribution in [0.3, 0.4) is 0 Å². The Balaban J connectivity index is 3.18. The molecule has 0 N–H and O–H groups in total. The predicted molar refractivity (Wildman–Crippen MR) is 69.1 cm³/mol. The van der Waals surface area contributed by atoms with Crippen molar-refractivity contribution in [1.82, 2.24) is 8.52 Å². The van der Waals surface area contributed by atoms with Crippen LogP contribution in [-0.2, 0) is 11.8 Å². The molecule has 0 fully saturated rings. The molecule has 1 aromatic rings. The van der Waals surface area contributed by atoms with Crippen molar-refractivity contribution in [3.05, 3.63) is 50.7 Å².